The van der Waals surface area contributed by atoms with Crippen LogP contribution in [0.15, 0.2) is 156 Å². The van der Waals surface area contributed by atoms with Crippen molar-refractivity contribution in [3.63, 3.8) is 0 Å². The number of hydrogen-bond acceptors (Lipinski definition) is 5. The Morgan fingerprint density at radius 3 is 1.96 bits per heavy atom. The first-order valence-electron chi connectivity index (χ1n) is 19.7. The number of rotatable bonds is 4. The van der Waals surface area contributed by atoms with Gasteiger partial charge in [-0.25, -0.2) is 15.0 Å². The molecule has 0 atom stereocenters. The average molecular weight is 641 g/mol. The van der Waals surface area contributed by atoms with Gasteiger partial charge in [0.25, 0.3) is 0 Å². The Hall–Kier alpha value is -6.17. The zero-order chi connectivity index (χ0) is 39.4. The number of fused-ring (bicyclic) bond motifs is 8. The maximum absolute atomic E-state index is 9.22. The van der Waals surface area contributed by atoms with Crippen molar-refractivity contribution in [2.75, 3.05) is 0 Å². The van der Waals surface area contributed by atoms with E-state index in [1.165, 1.54) is 0 Å². The average Bonchev–Trinajstić information content (AvgIpc) is 3.81. The minimum atomic E-state index is -0.559. The van der Waals surface area contributed by atoms with Gasteiger partial charge in [-0.2, -0.15) is 0 Å². The number of nitrogens with zero attached hydrogens (tertiary/aromatic N) is 3. The second-order valence-corrected chi connectivity index (χ2v) is 12.4. The number of hydrogen-bond donors (Lipinski definition) is 0. The van der Waals surface area contributed by atoms with Gasteiger partial charge in [0.15, 0.2) is 17.5 Å². The lowest BCUT2D eigenvalue weighted by atomic mass is 10.0. The highest BCUT2D eigenvalue weighted by atomic mass is 32.1. The van der Waals surface area contributed by atoms with Crippen LogP contribution in [0, 0.1) is 0 Å². The molecule has 3 aromatic heterocycles. The van der Waals surface area contributed by atoms with Crippen molar-refractivity contribution in [1.82, 2.24) is 15.0 Å². The first-order chi connectivity index (χ1) is 27.5. The Morgan fingerprint density at radius 1 is 0.500 bits per heavy atom. The largest absolute Gasteiger partial charge is 0.455 e. The standard InChI is InChI=1S/C43H25N3OS/c1-3-10-26(11-4-1)29-19-21-32-33-22-20-30(25-38(33)48-37(32)24-29)42-44-41(28-13-5-2-6-14-28)45-43(46-42)35-16-9-17-36-39(35)34-23-18-27-12-7-8-15-31(27)40(34)47-36/h1-25H/i7D,8D,9D,12D,15D,16D,17D,18D,23D. The van der Waals surface area contributed by atoms with E-state index < -0.39 is 54.4 Å². The summed E-state index contributed by atoms with van der Waals surface area (Å²) in [5.74, 6) is 0.514. The van der Waals surface area contributed by atoms with Gasteiger partial charge in [0.2, 0.25) is 0 Å². The Labute approximate surface area is 292 Å². The molecule has 0 saturated carbocycles. The van der Waals surface area contributed by atoms with Crippen molar-refractivity contribution in [2.45, 2.75) is 0 Å². The summed E-state index contributed by atoms with van der Waals surface area (Å²) in [5.41, 5.74) is 3.17. The Morgan fingerprint density at radius 2 is 1.17 bits per heavy atom. The predicted molar refractivity (Wildman–Crippen MR) is 199 cm³/mol. The molecule has 0 amide bonds. The lowest BCUT2D eigenvalue weighted by Crippen LogP contribution is -2.00. The van der Waals surface area contributed by atoms with Gasteiger partial charge in [-0.3, -0.25) is 0 Å². The SMILES string of the molecule is [2H]c1c([2H])c(-c2nc(-c3ccccc3)nc(-c3ccc4c(c3)sc3cc(-c5ccccc5)ccc34)n2)c2c(oc3c4c([2H])c([2H])c([2H])c([2H])c4c([2H])c([2H])c32)c1[2H]. The molecule has 224 valence electrons. The molecule has 3 heterocycles. The fraction of sp³-hybridized carbons (Fsp3) is 0. The van der Waals surface area contributed by atoms with Gasteiger partial charge in [-0.1, -0.05) is 127 Å². The third-order valence-electron chi connectivity index (χ3n) is 8.48. The van der Waals surface area contributed by atoms with Crippen LogP contribution in [0.3, 0.4) is 0 Å². The van der Waals surface area contributed by atoms with E-state index in [-0.39, 0.29) is 55.7 Å². The summed E-state index contributed by atoms with van der Waals surface area (Å²) in [6.07, 6.45) is 0. The zero-order valence-electron chi connectivity index (χ0n) is 33.9. The fourth-order valence-corrected chi connectivity index (χ4v) is 7.38. The van der Waals surface area contributed by atoms with Crippen molar-refractivity contribution in [3.8, 4) is 45.3 Å². The molecule has 0 saturated heterocycles. The van der Waals surface area contributed by atoms with Crippen LogP contribution in [0.4, 0.5) is 0 Å². The lowest BCUT2D eigenvalue weighted by Gasteiger charge is -2.09. The fourth-order valence-electron chi connectivity index (χ4n) is 6.19. The topological polar surface area (TPSA) is 51.8 Å². The monoisotopic (exact) mass is 640 g/mol. The molecule has 0 aliphatic carbocycles. The third kappa shape index (κ3) is 4.33. The molecule has 0 aliphatic rings. The number of aromatic nitrogens is 3. The highest BCUT2D eigenvalue weighted by molar-refractivity contribution is 7.25. The van der Waals surface area contributed by atoms with E-state index in [1.54, 1.807) is 11.3 Å². The Kier molecular flexibility index (Phi) is 4.34. The quantitative estimate of drug-likeness (QED) is 0.192. The van der Waals surface area contributed by atoms with Crippen molar-refractivity contribution in [2.24, 2.45) is 0 Å². The molecule has 48 heavy (non-hydrogen) atoms. The van der Waals surface area contributed by atoms with Crippen LogP contribution in [-0.4, -0.2) is 15.0 Å². The molecule has 10 rings (SSSR count). The molecule has 0 aliphatic heterocycles. The minimum absolute atomic E-state index is 0.0224. The summed E-state index contributed by atoms with van der Waals surface area (Å²) >= 11 is 1.65. The normalized spacial score (nSPS) is 14.4. The second-order valence-electron chi connectivity index (χ2n) is 11.3. The summed E-state index contributed by atoms with van der Waals surface area (Å²) in [6, 6.07) is 27.5. The number of furan rings is 1. The van der Waals surface area contributed by atoms with Gasteiger partial charge in [0.1, 0.15) is 11.2 Å². The highest BCUT2D eigenvalue weighted by Crippen LogP contribution is 2.41. The number of thiophene rings is 1. The molecule has 10 aromatic rings. The Balaban J connectivity index is 1.25. The first-order valence-corrected chi connectivity index (χ1v) is 16.0. The summed E-state index contributed by atoms with van der Waals surface area (Å²) in [5, 5.41) is 1.82. The van der Waals surface area contributed by atoms with E-state index in [1.807, 2.05) is 66.7 Å². The molecule has 0 bridgehead atoms. The van der Waals surface area contributed by atoms with E-state index in [9.17, 15) is 1.37 Å². The van der Waals surface area contributed by atoms with Crippen molar-refractivity contribution in [1.29, 1.82) is 0 Å². The van der Waals surface area contributed by atoms with Crippen LogP contribution in [0.1, 0.15) is 12.3 Å². The third-order valence-corrected chi connectivity index (χ3v) is 9.59. The molecular weight excluding hydrogens is 607 g/mol. The van der Waals surface area contributed by atoms with Gasteiger partial charge < -0.3 is 4.42 Å². The molecule has 0 N–H and O–H groups in total. The maximum atomic E-state index is 9.22. The van der Waals surface area contributed by atoms with Crippen molar-refractivity contribution >= 4 is 64.2 Å². The molecule has 0 radical (unpaired) electrons. The van der Waals surface area contributed by atoms with E-state index in [4.69, 9.17) is 30.3 Å². The summed E-state index contributed by atoms with van der Waals surface area (Å²) < 4.78 is 87.1. The maximum Gasteiger partial charge on any atom is 0.164 e. The molecule has 5 heteroatoms. The van der Waals surface area contributed by atoms with Crippen molar-refractivity contribution in [3.05, 3.63) is 151 Å². The molecule has 7 aromatic carbocycles. The zero-order valence-corrected chi connectivity index (χ0v) is 25.7. The lowest BCUT2D eigenvalue weighted by molar-refractivity contribution is 0.672. The van der Waals surface area contributed by atoms with Crippen molar-refractivity contribution < 1.29 is 16.8 Å². The minimum Gasteiger partial charge on any atom is -0.455 e. The second kappa shape index (κ2) is 10.7. The summed E-state index contributed by atoms with van der Waals surface area (Å²) in [7, 11) is 0. The molecule has 0 spiro atoms. The van der Waals surface area contributed by atoms with Crippen LogP contribution in [0.25, 0.3) is 98.2 Å². The van der Waals surface area contributed by atoms with Crippen LogP contribution in [0.5, 0.6) is 0 Å². The van der Waals surface area contributed by atoms with Gasteiger partial charge >= 0.3 is 0 Å². The van der Waals surface area contributed by atoms with Crippen LogP contribution < -0.4 is 0 Å². The molecule has 4 nitrogen and oxygen atoms in total. The van der Waals surface area contributed by atoms with E-state index in [0.717, 1.165) is 31.3 Å². The van der Waals surface area contributed by atoms with Crippen LogP contribution in [-0.2, 0) is 0 Å². The summed E-state index contributed by atoms with van der Waals surface area (Å²) in [4.78, 5) is 14.6. The molecule has 0 fully saturated rings. The van der Waals surface area contributed by atoms with Gasteiger partial charge in [-0.15, -0.1) is 11.3 Å². The first kappa shape index (κ1) is 19.5. The van der Waals surface area contributed by atoms with Gasteiger partial charge in [0.05, 0.1) is 12.3 Å². The van der Waals surface area contributed by atoms with Gasteiger partial charge in [0, 0.05) is 53.0 Å². The van der Waals surface area contributed by atoms with Crippen LogP contribution in [0.2, 0.25) is 0 Å². The van der Waals surface area contributed by atoms with E-state index >= 15 is 0 Å². The highest BCUT2D eigenvalue weighted by Gasteiger charge is 2.19. The smallest absolute Gasteiger partial charge is 0.164 e. The van der Waals surface area contributed by atoms with E-state index in [2.05, 4.69) is 30.3 Å². The van der Waals surface area contributed by atoms with Crippen LogP contribution >= 0.6 is 11.3 Å². The number of benzene rings is 7. The Bertz CT molecular complexity index is 3350. The van der Waals surface area contributed by atoms with E-state index in [0.29, 0.717) is 11.1 Å². The molecular formula is C43H25N3OS. The molecule has 0 unspecified atom stereocenters. The predicted octanol–water partition coefficient (Wildman–Crippen LogP) is 12.0. The summed E-state index contributed by atoms with van der Waals surface area (Å²) in [6.45, 7) is 0. The van der Waals surface area contributed by atoms with Gasteiger partial charge in [-0.05, 0) is 40.7 Å².